The topological polar surface area (TPSA) is 95.1 Å². The van der Waals surface area contributed by atoms with E-state index >= 15 is 0 Å². The molecule has 0 amide bonds. The molecule has 0 radical (unpaired) electrons. The highest BCUT2D eigenvalue weighted by Gasteiger charge is 2.27. The van der Waals surface area contributed by atoms with Crippen molar-refractivity contribution in [2.24, 2.45) is 7.05 Å². The van der Waals surface area contributed by atoms with Gasteiger partial charge in [0.1, 0.15) is 6.20 Å². The highest BCUT2D eigenvalue weighted by Crippen LogP contribution is 2.15. The molecule has 1 aromatic rings. The van der Waals surface area contributed by atoms with Crippen LogP contribution in [-0.2, 0) is 16.9 Å². The summed E-state index contributed by atoms with van der Waals surface area (Å²) in [6.07, 6.45) is 1.53. The molecule has 1 heterocycles. The first kappa shape index (κ1) is 11.6. The van der Waals surface area contributed by atoms with Crippen LogP contribution in [0.2, 0.25) is 0 Å². The van der Waals surface area contributed by atoms with Crippen molar-refractivity contribution >= 4 is 15.7 Å². The van der Waals surface area contributed by atoms with Crippen LogP contribution in [0.4, 0.5) is 5.82 Å². The number of nitrogens with zero attached hydrogens (tertiary/aromatic N) is 3. The van der Waals surface area contributed by atoms with Crippen LogP contribution in [0.3, 0.4) is 0 Å². The minimum atomic E-state index is -3.51. The quantitative estimate of drug-likeness (QED) is 0.557. The summed E-state index contributed by atoms with van der Waals surface area (Å²) in [4.78, 5) is 13.1. The predicted molar refractivity (Wildman–Crippen MR) is 52.2 cm³/mol. The van der Waals surface area contributed by atoms with Gasteiger partial charge in [-0.3, -0.25) is 4.57 Å². The second kappa shape index (κ2) is 3.97. The van der Waals surface area contributed by atoms with Crippen molar-refractivity contribution in [3.8, 4) is 0 Å². The van der Waals surface area contributed by atoms with Crippen molar-refractivity contribution in [3.05, 3.63) is 16.3 Å². The van der Waals surface area contributed by atoms with Gasteiger partial charge in [0.25, 0.3) is 0 Å². The molecule has 0 aliphatic heterocycles. The molecule has 0 atom stereocenters. The van der Waals surface area contributed by atoms with E-state index in [0.29, 0.717) is 6.42 Å². The van der Waals surface area contributed by atoms with E-state index in [-0.39, 0.29) is 10.9 Å². The van der Waals surface area contributed by atoms with Gasteiger partial charge in [0.15, 0.2) is 0 Å². The zero-order chi connectivity index (χ0) is 11.6. The summed E-state index contributed by atoms with van der Waals surface area (Å²) in [7, 11) is -2.09. The van der Waals surface area contributed by atoms with Crippen molar-refractivity contribution in [1.29, 1.82) is 0 Å². The number of aromatic nitrogens is 2. The standard InChI is InChI=1S/C7H11N3O4S/c1-3-4-15(13,14)7-8-6(10(11)12)5-9(7)2/h5H,3-4H2,1-2H3. The Morgan fingerprint density at radius 1 is 1.60 bits per heavy atom. The average molecular weight is 233 g/mol. The van der Waals surface area contributed by atoms with Gasteiger partial charge in [-0.05, 0) is 16.3 Å². The number of nitro groups is 1. The Bertz CT molecular complexity index is 476. The van der Waals surface area contributed by atoms with Crippen LogP contribution in [0, 0.1) is 10.1 Å². The molecular weight excluding hydrogens is 222 g/mol. The lowest BCUT2D eigenvalue weighted by atomic mass is 10.6. The number of rotatable bonds is 4. The van der Waals surface area contributed by atoms with Crippen LogP contribution in [0.25, 0.3) is 0 Å². The summed E-state index contributed by atoms with van der Waals surface area (Å²) >= 11 is 0. The van der Waals surface area contributed by atoms with Crippen LogP contribution in [0.5, 0.6) is 0 Å². The van der Waals surface area contributed by atoms with Crippen LogP contribution in [0.15, 0.2) is 11.4 Å². The smallest absolute Gasteiger partial charge is 0.358 e. The highest BCUT2D eigenvalue weighted by molar-refractivity contribution is 7.91. The molecule has 0 saturated carbocycles. The molecule has 8 heteroatoms. The highest BCUT2D eigenvalue weighted by atomic mass is 32.2. The maximum Gasteiger partial charge on any atom is 0.383 e. The summed E-state index contributed by atoms with van der Waals surface area (Å²) in [6, 6.07) is 0. The van der Waals surface area contributed by atoms with E-state index in [0.717, 1.165) is 10.8 Å². The molecule has 1 rings (SSSR count). The summed E-state index contributed by atoms with van der Waals surface area (Å²) in [5, 5.41) is 10.1. The lowest BCUT2D eigenvalue weighted by Gasteiger charge is -1.96. The van der Waals surface area contributed by atoms with Crippen LogP contribution >= 0.6 is 0 Å². The fourth-order valence-corrected chi connectivity index (χ4v) is 2.62. The Hall–Kier alpha value is -1.44. The van der Waals surface area contributed by atoms with Crippen molar-refractivity contribution in [2.75, 3.05) is 5.75 Å². The van der Waals surface area contributed by atoms with Gasteiger partial charge in [0.2, 0.25) is 9.84 Å². The number of imidazole rings is 1. The Morgan fingerprint density at radius 2 is 2.20 bits per heavy atom. The fourth-order valence-electron chi connectivity index (χ4n) is 1.17. The molecule has 15 heavy (non-hydrogen) atoms. The van der Waals surface area contributed by atoms with Gasteiger partial charge in [-0.25, -0.2) is 8.42 Å². The molecule has 0 saturated heterocycles. The Morgan fingerprint density at radius 3 is 2.60 bits per heavy atom. The molecule has 7 nitrogen and oxygen atoms in total. The summed E-state index contributed by atoms with van der Waals surface area (Å²) in [6.45, 7) is 1.72. The van der Waals surface area contributed by atoms with Gasteiger partial charge in [0, 0.05) is 7.05 Å². The fraction of sp³-hybridized carbons (Fsp3) is 0.571. The Kier molecular flexibility index (Phi) is 3.08. The minimum Gasteiger partial charge on any atom is -0.358 e. The second-order valence-corrected chi connectivity index (χ2v) is 5.07. The molecule has 0 N–H and O–H groups in total. The van der Waals surface area contributed by atoms with Crippen molar-refractivity contribution in [2.45, 2.75) is 18.5 Å². The Labute approximate surface area is 86.8 Å². The monoisotopic (exact) mass is 233 g/mol. The second-order valence-electron chi connectivity index (χ2n) is 3.07. The zero-order valence-corrected chi connectivity index (χ0v) is 9.19. The summed E-state index contributed by atoms with van der Waals surface area (Å²) in [5.74, 6) is -0.512. The lowest BCUT2D eigenvalue weighted by Crippen LogP contribution is -2.11. The first-order chi connectivity index (χ1) is 6.88. The lowest BCUT2D eigenvalue weighted by molar-refractivity contribution is -0.389. The van der Waals surface area contributed by atoms with E-state index < -0.39 is 20.6 Å². The van der Waals surface area contributed by atoms with Crippen LogP contribution in [-0.4, -0.2) is 28.6 Å². The molecule has 84 valence electrons. The molecular formula is C7H11N3O4S. The van der Waals surface area contributed by atoms with Crippen molar-refractivity contribution in [3.63, 3.8) is 0 Å². The van der Waals surface area contributed by atoms with E-state index in [9.17, 15) is 18.5 Å². The first-order valence-corrected chi connectivity index (χ1v) is 5.94. The van der Waals surface area contributed by atoms with Gasteiger partial charge in [0.05, 0.1) is 5.75 Å². The molecule has 0 unspecified atom stereocenters. The van der Waals surface area contributed by atoms with Gasteiger partial charge in [-0.15, -0.1) is 0 Å². The van der Waals surface area contributed by atoms with Crippen molar-refractivity contribution in [1.82, 2.24) is 9.55 Å². The third-order valence-corrected chi connectivity index (χ3v) is 3.64. The largest absolute Gasteiger partial charge is 0.383 e. The molecule has 1 aromatic heterocycles. The average Bonchev–Trinajstić information content (AvgIpc) is 2.47. The normalized spacial score (nSPS) is 11.6. The molecule has 0 aliphatic rings. The molecule has 0 aliphatic carbocycles. The number of sulfone groups is 1. The molecule has 0 aromatic carbocycles. The van der Waals surface area contributed by atoms with Crippen LogP contribution in [0.1, 0.15) is 13.3 Å². The SMILES string of the molecule is CCCS(=O)(=O)c1nc([N+](=O)[O-])cn1C. The van der Waals surface area contributed by atoms with E-state index in [1.54, 1.807) is 6.92 Å². The first-order valence-electron chi connectivity index (χ1n) is 4.29. The van der Waals surface area contributed by atoms with E-state index in [4.69, 9.17) is 0 Å². The molecule has 0 fully saturated rings. The maximum atomic E-state index is 11.6. The third-order valence-electron chi connectivity index (χ3n) is 1.76. The van der Waals surface area contributed by atoms with Gasteiger partial charge in [-0.1, -0.05) is 6.92 Å². The van der Waals surface area contributed by atoms with E-state index in [1.807, 2.05) is 0 Å². The zero-order valence-electron chi connectivity index (χ0n) is 8.37. The van der Waals surface area contributed by atoms with Gasteiger partial charge < -0.3 is 10.1 Å². The van der Waals surface area contributed by atoms with Gasteiger partial charge in [-0.2, -0.15) is 0 Å². The summed E-state index contributed by atoms with van der Waals surface area (Å²) in [5.41, 5.74) is 0. The van der Waals surface area contributed by atoms with E-state index in [1.165, 1.54) is 7.05 Å². The third kappa shape index (κ3) is 2.32. The molecule has 0 spiro atoms. The van der Waals surface area contributed by atoms with Crippen LogP contribution < -0.4 is 0 Å². The summed E-state index contributed by atoms with van der Waals surface area (Å²) < 4.78 is 24.3. The number of aryl methyl sites for hydroxylation is 1. The predicted octanol–water partition coefficient (Wildman–Crippen LogP) is 0.512. The maximum absolute atomic E-state index is 11.6. The van der Waals surface area contributed by atoms with Gasteiger partial charge >= 0.3 is 11.0 Å². The number of hydrogen-bond donors (Lipinski definition) is 0. The van der Waals surface area contributed by atoms with Crippen molar-refractivity contribution < 1.29 is 13.3 Å². The minimum absolute atomic E-state index is 0.0605. The number of hydrogen-bond acceptors (Lipinski definition) is 5. The van der Waals surface area contributed by atoms with E-state index in [2.05, 4.69) is 4.98 Å². The molecule has 0 bridgehead atoms. The Balaban J connectivity index is 3.21.